The highest BCUT2D eigenvalue weighted by atomic mass is 16.5. The largest absolute Gasteiger partial charge is 0.463 e. The lowest BCUT2D eigenvalue weighted by Crippen LogP contribution is -2.10. The maximum atomic E-state index is 11.2. The highest BCUT2D eigenvalue weighted by molar-refractivity contribution is 5.69. The maximum Gasteiger partial charge on any atom is 0.306 e. The number of unbranched alkanes of at least 4 members (excludes halogenated alkanes) is 6. The van der Waals surface area contributed by atoms with Gasteiger partial charge in [0.1, 0.15) is 0 Å². The average Bonchev–Trinajstić information content (AvgIpc) is 2.21. The van der Waals surface area contributed by atoms with Crippen molar-refractivity contribution in [2.75, 3.05) is 6.54 Å². The first-order chi connectivity index (χ1) is 7.66. The second kappa shape index (κ2) is 10.9. The van der Waals surface area contributed by atoms with Crippen LogP contribution in [0, 0.1) is 0 Å². The molecule has 0 saturated carbocycles. The van der Waals surface area contributed by atoms with E-state index in [4.69, 9.17) is 10.5 Å². The van der Waals surface area contributed by atoms with Crippen molar-refractivity contribution < 1.29 is 9.53 Å². The molecule has 0 radical (unpaired) electrons. The molecular weight excluding hydrogens is 202 g/mol. The van der Waals surface area contributed by atoms with Crippen LogP contribution in [0.5, 0.6) is 0 Å². The molecule has 3 heteroatoms. The van der Waals surface area contributed by atoms with Gasteiger partial charge < -0.3 is 10.5 Å². The fourth-order valence-corrected chi connectivity index (χ4v) is 1.62. The van der Waals surface area contributed by atoms with E-state index in [2.05, 4.69) is 0 Å². The van der Waals surface area contributed by atoms with Crippen LogP contribution >= 0.6 is 0 Å². The minimum absolute atomic E-state index is 0.0174. The summed E-state index contributed by atoms with van der Waals surface area (Å²) >= 11 is 0. The maximum absolute atomic E-state index is 11.2. The Balaban J connectivity index is 3.11. The van der Waals surface area contributed by atoms with Crippen LogP contribution in [-0.4, -0.2) is 18.6 Å². The molecule has 0 heterocycles. The molecule has 96 valence electrons. The number of ether oxygens (including phenoxy) is 1. The van der Waals surface area contributed by atoms with E-state index in [9.17, 15) is 4.79 Å². The Bertz CT molecular complexity index is 169. The molecular formula is C13H27NO2. The molecule has 16 heavy (non-hydrogen) atoms. The van der Waals surface area contributed by atoms with Crippen LogP contribution in [0.25, 0.3) is 0 Å². The molecule has 0 aliphatic carbocycles. The van der Waals surface area contributed by atoms with Crippen LogP contribution in [0.4, 0.5) is 0 Å². The fourth-order valence-electron chi connectivity index (χ4n) is 1.62. The van der Waals surface area contributed by atoms with Gasteiger partial charge in [-0.1, -0.05) is 32.1 Å². The summed E-state index contributed by atoms with van der Waals surface area (Å²) in [6, 6.07) is 0. The second-order valence-electron chi connectivity index (χ2n) is 4.55. The Morgan fingerprint density at radius 3 is 2.00 bits per heavy atom. The first kappa shape index (κ1) is 15.4. The highest BCUT2D eigenvalue weighted by Gasteiger charge is 2.04. The summed E-state index contributed by atoms with van der Waals surface area (Å²) in [4.78, 5) is 11.2. The number of nitrogens with two attached hydrogens (primary N) is 1. The summed E-state index contributed by atoms with van der Waals surface area (Å²) < 4.78 is 5.06. The van der Waals surface area contributed by atoms with Crippen molar-refractivity contribution in [3.8, 4) is 0 Å². The molecule has 0 rings (SSSR count). The molecule has 0 spiro atoms. The Morgan fingerprint density at radius 1 is 1.00 bits per heavy atom. The molecule has 0 amide bonds. The lowest BCUT2D eigenvalue weighted by atomic mass is 10.1. The smallest absolute Gasteiger partial charge is 0.306 e. The van der Waals surface area contributed by atoms with Gasteiger partial charge in [0.05, 0.1) is 6.10 Å². The van der Waals surface area contributed by atoms with E-state index in [1.165, 1.54) is 25.7 Å². The van der Waals surface area contributed by atoms with E-state index in [1.54, 1.807) is 0 Å². The first-order valence-electron chi connectivity index (χ1n) is 6.56. The quantitative estimate of drug-likeness (QED) is 0.463. The third kappa shape index (κ3) is 11.5. The van der Waals surface area contributed by atoms with E-state index in [1.807, 2.05) is 13.8 Å². The van der Waals surface area contributed by atoms with Crippen LogP contribution in [0.3, 0.4) is 0 Å². The summed E-state index contributed by atoms with van der Waals surface area (Å²) in [5.41, 5.74) is 5.41. The molecule has 0 aromatic rings. The first-order valence-corrected chi connectivity index (χ1v) is 6.56. The number of carbonyl (C=O) groups is 1. The number of rotatable bonds is 10. The summed E-state index contributed by atoms with van der Waals surface area (Å²) in [6.45, 7) is 4.58. The van der Waals surface area contributed by atoms with Gasteiger partial charge in [0.2, 0.25) is 0 Å². The van der Waals surface area contributed by atoms with Crippen molar-refractivity contribution >= 4 is 5.97 Å². The molecule has 0 aromatic carbocycles. The normalized spacial score (nSPS) is 10.8. The fraction of sp³-hybridized carbons (Fsp3) is 0.923. The van der Waals surface area contributed by atoms with Crippen molar-refractivity contribution in [1.29, 1.82) is 0 Å². The molecule has 3 nitrogen and oxygen atoms in total. The zero-order valence-electron chi connectivity index (χ0n) is 10.8. The molecule has 0 fully saturated rings. The Morgan fingerprint density at radius 2 is 1.50 bits per heavy atom. The summed E-state index contributed by atoms with van der Waals surface area (Å²) in [6.07, 6.45) is 8.82. The summed E-state index contributed by atoms with van der Waals surface area (Å²) in [7, 11) is 0. The third-order valence-electron chi connectivity index (χ3n) is 2.45. The number of carbonyl (C=O) groups excluding carboxylic acids is 1. The molecule has 0 aliphatic heterocycles. The standard InChI is InChI=1S/C13H27NO2/c1-12(2)16-13(15)10-8-6-4-3-5-7-9-11-14/h12H,3-11,14H2,1-2H3. The lowest BCUT2D eigenvalue weighted by molar-refractivity contribution is -0.147. The minimum atomic E-state index is -0.0573. The monoisotopic (exact) mass is 229 g/mol. The van der Waals surface area contributed by atoms with E-state index in [0.717, 1.165) is 25.8 Å². The van der Waals surface area contributed by atoms with Crippen molar-refractivity contribution in [2.45, 2.75) is 71.3 Å². The van der Waals surface area contributed by atoms with Crippen LogP contribution in [0.2, 0.25) is 0 Å². The van der Waals surface area contributed by atoms with Gasteiger partial charge in [0.15, 0.2) is 0 Å². The topological polar surface area (TPSA) is 52.3 Å². The molecule has 0 aromatic heterocycles. The Labute approximate surface area is 99.7 Å². The van der Waals surface area contributed by atoms with Crippen LogP contribution < -0.4 is 5.73 Å². The third-order valence-corrected chi connectivity index (χ3v) is 2.45. The molecule has 0 unspecified atom stereocenters. The molecule has 0 atom stereocenters. The molecule has 2 N–H and O–H groups in total. The molecule has 0 aliphatic rings. The van der Waals surface area contributed by atoms with Crippen molar-refractivity contribution in [3.63, 3.8) is 0 Å². The highest BCUT2D eigenvalue weighted by Crippen LogP contribution is 2.09. The van der Waals surface area contributed by atoms with E-state index in [-0.39, 0.29) is 12.1 Å². The predicted octanol–water partition coefficient (Wildman–Crippen LogP) is 3.02. The number of esters is 1. The molecule has 0 bridgehead atoms. The van der Waals surface area contributed by atoms with E-state index >= 15 is 0 Å². The van der Waals surface area contributed by atoms with Crippen LogP contribution in [0.1, 0.15) is 65.2 Å². The lowest BCUT2D eigenvalue weighted by Gasteiger charge is -2.07. The SMILES string of the molecule is CC(C)OC(=O)CCCCCCCCCN. The second-order valence-corrected chi connectivity index (χ2v) is 4.55. The van der Waals surface area contributed by atoms with Crippen molar-refractivity contribution in [1.82, 2.24) is 0 Å². The van der Waals surface area contributed by atoms with Gasteiger partial charge in [0.25, 0.3) is 0 Å². The van der Waals surface area contributed by atoms with Crippen molar-refractivity contribution in [2.24, 2.45) is 5.73 Å². The Hall–Kier alpha value is -0.570. The van der Waals surface area contributed by atoms with Gasteiger partial charge in [-0.3, -0.25) is 4.79 Å². The van der Waals surface area contributed by atoms with Crippen molar-refractivity contribution in [3.05, 3.63) is 0 Å². The van der Waals surface area contributed by atoms with Gasteiger partial charge in [-0.2, -0.15) is 0 Å². The zero-order valence-corrected chi connectivity index (χ0v) is 10.8. The number of hydrogen-bond donors (Lipinski definition) is 1. The average molecular weight is 229 g/mol. The minimum Gasteiger partial charge on any atom is -0.463 e. The van der Waals surface area contributed by atoms with Gasteiger partial charge in [-0.15, -0.1) is 0 Å². The van der Waals surface area contributed by atoms with Crippen LogP contribution in [-0.2, 0) is 9.53 Å². The van der Waals surface area contributed by atoms with Gasteiger partial charge in [0, 0.05) is 6.42 Å². The van der Waals surface area contributed by atoms with Gasteiger partial charge in [-0.05, 0) is 33.2 Å². The van der Waals surface area contributed by atoms with E-state index < -0.39 is 0 Å². The van der Waals surface area contributed by atoms with Gasteiger partial charge in [-0.25, -0.2) is 0 Å². The zero-order chi connectivity index (χ0) is 12.2. The van der Waals surface area contributed by atoms with Crippen LogP contribution in [0.15, 0.2) is 0 Å². The molecule has 0 saturated heterocycles. The number of hydrogen-bond acceptors (Lipinski definition) is 3. The Kier molecular flexibility index (Phi) is 10.5. The summed E-state index contributed by atoms with van der Waals surface area (Å²) in [5.74, 6) is -0.0573. The van der Waals surface area contributed by atoms with Gasteiger partial charge >= 0.3 is 5.97 Å². The predicted molar refractivity (Wildman–Crippen MR) is 67.2 cm³/mol. The summed E-state index contributed by atoms with van der Waals surface area (Å²) in [5, 5.41) is 0. The van der Waals surface area contributed by atoms with E-state index in [0.29, 0.717) is 6.42 Å².